The summed E-state index contributed by atoms with van der Waals surface area (Å²) < 4.78 is 13.1. The van der Waals surface area contributed by atoms with Gasteiger partial charge < -0.3 is 4.90 Å². The van der Waals surface area contributed by atoms with E-state index in [1.165, 1.54) is 12.1 Å². The molecule has 0 spiro atoms. The first-order valence-corrected chi connectivity index (χ1v) is 7.02. The van der Waals surface area contributed by atoms with Crippen molar-refractivity contribution in [3.63, 3.8) is 0 Å². The van der Waals surface area contributed by atoms with Crippen LogP contribution in [0.15, 0.2) is 48.5 Å². The van der Waals surface area contributed by atoms with Crippen LogP contribution in [-0.4, -0.2) is 16.5 Å². The van der Waals surface area contributed by atoms with Crippen molar-refractivity contribution in [2.45, 2.75) is 6.92 Å². The summed E-state index contributed by atoms with van der Waals surface area (Å²) in [6, 6.07) is 14.0. The van der Waals surface area contributed by atoms with Crippen LogP contribution in [0.25, 0.3) is 10.9 Å². The first kappa shape index (κ1) is 13.8. The SMILES string of the molecule is CCN(c1ccc(F)cc1)c1nc(Cl)nc2ccccc12. The molecule has 5 heteroatoms. The van der Waals surface area contributed by atoms with Crippen LogP contribution in [0.4, 0.5) is 15.9 Å². The Labute approximate surface area is 127 Å². The van der Waals surface area contributed by atoms with Crippen LogP contribution in [-0.2, 0) is 0 Å². The van der Waals surface area contributed by atoms with E-state index in [-0.39, 0.29) is 11.1 Å². The van der Waals surface area contributed by atoms with Gasteiger partial charge in [0.25, 0.3) is 0 Å². The van der Waals surface area contributed by atoms with Crippen LogP contribution in [0.1, 0.15) is 6.92 Å². The van der Waals surface area contributed by atoms with Crippen molar-refractivity contribution in [1.29, 1.82) is 0 Å². The Bertz CT molecular complexity index is 774. The molecule has 0 N–H and O–H groups in total. The number of halogens is 2. The van der Waals surface area contributed by atoms with E-state index in [0.717, 1.165) is 22.4 Å². The van der Waals surface area contributed by atoms with Crippen molar-refractivity contribution < 1.29 is 4.39 Å². The van der Waals surface area contributed by atoms with Crippen LogP contribution in [0, 0.1) is 5.82 Å². The highest BCUT2D eigenvalue weighted by Crippen LogP contribution is 2.30. The lowest BCUT2D eigenvalue weighted by atomic mass is 10.2. The van der Waals surface area contributed by atoms with Gasteiger partial charge in [0.05, 0.1) is 5.52 Å². The predicted octanol–water partition coefficient (Wildman–Crippen LogP) is 4.58. The second-order valence-corrected chi connectivity index (χ2v) is 4.89. The molecule has 0 amide bonds. The van der Waals surface area contributed by atoms with E-state index in [2.05, 4.69) is 9.97 Å². The van der Waals surface area contributed by atoms with Gasteiger partial charge in [-0.15, -0.1) is 0 Å². The minimum Gasteiger partial charge on any atom is -0.326 e. The molecule has 0 bridgehead atoms. The zero-order valence-electron chi connectivity index (χ0n) is 11.4. The van der Waals surface area contributed by atoms with Crippen molar-refractivity contribution in [3.8, 4) is 0 Å². The summed E-state index contributed by atoms with van der Waals surface area (Å²) in [4.78, 5) is 10.6. The molecule has 0 radical (unpaired) electrons. The third kappa shape index (κ3) is 2.67. The van der Waals surface area contributed by atoms with Gasteiger partial charge in [-0.3, -0.25) is 0 Å². The second kappa shape index (κ2) is 5.66. The zero-order valence-corrected chi connectivity index (χ0v) is 12.2. The molecule has 3 aromatic rings. The highest BCUT2D eigenvalue weighted by Gasteiger charge is 2.14. The fourth-order valence-electron chi connectivity index (χ4n) is 2.31. The number of hydrogen-bond acceptors (Lipinski definition) is 3. The number of rotatable bonds is 3. The number of aromatic nitrogens is 2. The van der Waals surface area contributed by atoms with Gasteiger partial charge in [0.1, 0.15) is 11.6 Å². The lowest BCUT2D eigenvalue weighted by Gasteiger charge is -2.23. The molecule has 0 unspecified atom stereocenters. The summed E-state index contributed by atoms with van der Waals surface area (Å²) >= 11 is 6.03. The summed E-state index contributed by atoms with van der Waals surface area (Å²) in [6.07, 6.45) is 0. The molecule has 0 aliphatic carbocycles. The third-order valence-corrected chi connectivity index (χ3v) is 3.44. The average molecular weight is 302 g/mol. The number of fused-ring (bicyclic) bond motifs is 1. The van der Waals surface area contributed by atoms with Crippen molar-refractivity contribution >= 4 is 34.0 Å². The van der Waals surface area contributed by atoms with Crippen LogP contribution < -0.4 is 4.90 Å². The number of anilines is 2. The Morgan fingerprint density at radius 3 is 2.48 bits per heavy atom. The first-order chi connectivity index (χ1) is 10.2. The molecule has 3 rings (SSSR count). The lowest BCUT2D eigenvalue weighted by Crippen LogP contribution is -2.18. The molecule has 0 aliphatic heterocycles. The molecule has 0 fully saturated rings. The van der Waals surface area contributed by atoms with Crippen LogP contribution in [0.5, 0.6) is 0 Å². The Balaban J connectivity index is 2.19. The maximum Gasteiger partial charge on any atom is 0.224 e. The van der Waals surface area contributed by atoms with Gasteiger partial charge in [0, 0.05) is 17.6 Å². The topological polar surface area (TPSA) is 29.0 Å². The maximum atomic E-state index is 13.1. The standard InChI is InChI=1S/C16H13ClFN3/c1-2-21(12-9-7-11(18)8-10-12)15-13-5-3-4-6-14(13)19-16(17)20-15/h3-10H,2H2,1H3. The number of benzene rings is 2. The summed E-state index contributed by atoms with van der Waals surface area (Å²) in [5.74, 6) is 0.458. The summed E-state index contributed by atoms with van der Waals surface area (Å²) in [7, 11) is 0. The average Bonchev–Trinajstić information content (AvgIpc) is 2.49. The summed E-state index contributed by atoms with van der Waals surface area (Å²) in [5, 5.41) is 1.11. The largest absolute Gasteiger partial charge is 0.326 e. The molecular weight excluding hydrogens is 289 g/mol. The lowest BCUT2D eigenvalue weighted by molar-refractivity contribution is 0.628. The van der Waals surface area contributed by atoms with Crippen LogP contribution in [0.3, 0.4) is 0 Å². The van der Waals surface area contributed by atoms with E-state index in [4.69, 9.17) is 11.6 Å². The number of para-hydroxylation sites is 1. The molecule has 1 heterocycles. The smallest absolute Gasteiger partial charge is 0.224 e. The predicted molar refractivity (Wildman–Crippen MR) is 83.6 cm³/mol. The summed E-state index contributed by atoms with van der Waals surface area (Å²) in [6.45, 7) is 2.69. The minimum atomic E-state index is -0.264. The van der Waals surface area contributed by atoms with E-state index in [1.807, 2.05) is 36.1 Å². The maximum absolute atomic E-state index is 13.1. The monoisotopic (exact) mass is 301 g/mol. The molecular formula is C16H13ClFN3. The highest BCUT2D eigenvalue weighted by molar-refractivity contribution is 6.28. The van der Waals surface area contributed by atoms with Gasteiger partial charge in [0.2, 0.25) is 5.28 Å². The molecule has 21 heavy (non-hydrogen) atoms. The van der Waals surface area contributed by atoms with Gasteiger partial charge in [-0.2, -0.15) is 4.98 Å². The van der Waals surface area contributed by atoms with Crippen LogP contribution in [0.2, 0.25) is 5.28 Å². The Kier molecular flexibility index (Phi) is 3.71. The van der Waals surface area contributed by atoms with Gasteiger partial charge in [-0.1, -0.05) is 12.1 Å². The first-order valence-electron chi connectivity index (χ1n) is 6.64. The van der Waals surface area contributed by atoms with E-state index in [9.17, 15) is 4.39 Å². The van der Waals surface area contributed by atoms with Gasteiger partial charge in [-0.25, -0.2) is 9.37 Å². The zero-order chi connectivity index (χ0) is 14.8. The second-order valence-electron chi connectivity index (χ2n) is 4.55. The van der Waals surface area contributed by atoms with Crippen molar-refractivity contribution in [1.82, 2.24) is 9.97 Å². The molecule has 0 saturated heterocycles. The molecule has 0 aliphatic rings. The molecule has 3 nitrogen and oxygen atoms in total. The van der Waals surface area contributed by atoms with Crippen molar-refractivity contribution in [3.05, 3.63) is 59.6 Å². The van der Waals surface area contributed by atoms with Gasteiger partial charge in [0.15, 0.2) is 0 Å². The normalized spacial score (nSPS) is 10.8. The minimum absolute atomic E-state index is 0.198. The Hall–Kier alpha value is -2.20. The molecule has 106 valence electrons. The molecule has 0 saturated carbocycles. The van der Waals surface area contributed by atoms with Crippen LogP contribution >= 0.6 is 11.6 Å². The number of hydrogen-bond donors (Lipinski definition) is 0. The Morgan fingerprint density at radius 2 is 1.76 bits per heavy atom. The number of nitrogens with zero attached hydrogens (tertiary/aromatic N) is 3. The van der Waals surface area contributed by atoms with Gasteiger partial charge >= 0.3 is 0 Å². The Morgan fingerprint density at radius 1 is 1.05 bits per heavy atom. The molecule has 0 atom stereocenters. The van der Waals surface area contributed by atoms with E-state index < -0.39 is 0 Å². The molecule has 2 aromatic carbocycles. The van der Waals surface area contributed by atoms with E-state index in [1.54, 1.807) is 12.1 Å². The fraction of sp³-hybridized carbons (Fsp3) is 0.125. The summed E-state index contributed by atoms with van der Waals surface area (Å²) in [5.41, 5.74) is 1.65. The quantitative estimate of drug-likeness (QED) is 0.663. The fourth-order valence-corrected chi connectivity index (χ4v) is 2.48. The third-order valence-electron chi connectivity index (χ3n) is 3.27. The van der Waals surface area contributed by atoms with E-state index in [0.29, 0.717) is 6.54 Å². The van der Waals surface area contributed by atoms with E-state index >= 15 is 0 Å². The van der Waals surface area contributed by atoms with Crippen molar-refractivity contribution in [2.75, 3.05) is 11.4 Å². The highest BCUT2D eigenvalue weighted by atomic mass is 35.5. The molecule has 1 aromatic heterocycles. The van der Waals surface area contributed by atoms with Gasteiger partial charge in [-0.05, 0) is 54.9 Å². The van der Waals surface area contributed by atoms with Crippen molar-refractivity contribution in [2.24, 2.45) is 0 Å².